The molecule has 1 spiro atoms. The van der Waals surface area contributed by atoms with Crippen molar-refractivity contribution in [2.75, 3.05) is 13.2 Å². The van der Waals surface area contributed by atoms with Crippen LogP contribution in [-0.2, 0) is 16.1 Å². The van der Waals surface area contributed by atoms with E-state index in [-0.39, 0.29) is 46.1 Å². The van der Waals surface area contributed by atoms with Crippen molar-refractivity contribution in [2.24, 2.45) is 0 Å². The predicted molar refractivity (Wildman–Crippen MR) is 203 cm³/mol. The van der Waals surface area contributed by atoms with Crippen LogP contribution in [0.3, 0.4) is 0 Å². The molecule has 0 N–H and O–H groups in total. The van der Waals surface area contributed by atoms with E-state index in [2.05, 4.69) is 13.8 Å². The monoisotopic (exact) mass is 810 g/mol. The van der Waals surface area contributed by atoms with Gasteiger partial charge in [0.05, 0.1) is 0 Å². The number of hydrogen-bond acceptors (Lipinski definition) is 10. The second-order valence-electron chi connectivity index (χ2n) is 19.6. The Hall–Kier alpha value is -5.12. The second-order valence-corrected chi connectivity index (χ2v) is 42.8. The number of hydrogen-bond donors (Lipinski definition) is 0. The van der Waals surface area contributed by atoms with E-state index < -0.39 is 27.1 Å². The maximum absolute atomic E-state index is 15.1. The Kier molecular flexibility index (Phi) is 3.62. The van der Waals surface area contributed by atoms with Crippen LogP contribution >= 0.6 is 0 Å². The van der Waals surface area contributed by atoms with Gasteiger partial charge in [0.1, 0.15) is 0 Å². The Bertz CT molecular complexity index is 2750. The van der Waals surface area contributed by atoms with Crippen molar-refractivity contribution in [3.63, 3.8) is 0 Å². The molecule has 0 aliphatic carbocycles. The van der Waals surface area contributed by atoms with Crippen LogP contribution in [0.4, 0.5) is 0 Å². The number of rotatable bonds is 16. The molecule has 10 fully saturated rings. The van der Waals surface area contributed by atoms with Crippen molar-refractivity contribution in [1.82, 2.24) is 0 Å². The van der Waals surface area contributed by atoms with Gasteiger partial charge in [-0.2, -0.15) is 0 Å². The van der Waals surface area contributed by atoms with Gasteiger partial charge in [0, 0.05) is 0 Å². The number of esters is 4. The van der Waals surface area contributed by atoms with Gasteiger partial charge in [0.25, 0.3) is 0 Å². The zero-order chi connectivity index (χ0) is 38.7. The van der Waals surface area contributed by atoms with Crippen molar-refractivity contribution < 1.29 is 54.1 Å². The third kappa shape index (κ3) is 1.25. The zero-order valence-electron chi connectivity index (χ0n) is 31.5. The fraction of sp³-hybridized carbons (Fsp3) is 0.391. The van der Waals surface area contributed by atoms with E-state index in [9.17, 15) is 9.59 Å². The molecule has 294 valence electrons. The fourth-order valence-electron chi connectivity index (χ4n) is 21.8. The first-order valence-electron chi connectivity index (χ1n) is 20.3. The molecule has 11 heteroatoms. The van der Waals surface area contributed by atoms with Crippen LogP contribution in [0.2, 0.25) is 47.2 Å². The van der Waals surface area contributed by atoms with Crippen molar-refractivity contribution in [1.29, 1.82) is 0 Å². The van der Waals surface area contributed by atoms with E-state index >= 15 is 9.59 Å². The molecule has 57 heavy (non-hydrogen) atoms. The predicted octanol–water partition coefficient (Wildman–Crippen LogP) is 10.1. The summed E-state index contributed by atoms with van der Waals surface area (Å²) in [6.07, 6.45) is 3.61. The summed E-state index contributed by atoms with van der Waals surface area (Å²) in [4.78, 5) is 61.2. The molecule has 4 aromatic carbocycles. The average Bonchev–Trinajstić information content (AvgIpc) is 4.17. The Morgan fingerprint density at radius 2 is 0.807 bits per heavy atom. The normalized spacial score (nSPS) is 44.3. The van der Waals surface area contributed by atoms with E-state index in [1.54, 1.807) is 97.1 Å². The summed E-state index contributed by atoms with van der Waals surface area (Å²) in [6, 6.07) is 27.4. The summed E-state index contributed by atoms with van der Waals surface area (Å²) < 4.78 is 34.9. The number of fused-ring (bicyclic) bond motifs is 10. The topological polar surface area (TPSA) is 124 Å². The summed E-state index contributed by atoms with van der Waals surface area (Å²) in [7, 11) is 0. The molecule has 0 saturated carbocycles. The molecule has 10 aliphatic rings. The van der Waals surface area contributed by atoms with E-state index in [0.29, 0.717) is 63.2 Å². The third-order valence-electron chi connectivity index (χ3n) is 21.7. The van der Waals surface area contributed by atoms with Crippen LogP contribution < -0.4 is 28.4 Å². The van der Waals surface area contributed by atoms with Gasteiger partial charge < -0.3 is 0 Å². The molecule has 14 rings (SSSR count). The third-order valence-corrected chi connectivity index (χ3v) is 64.3. The van der Waals surface area contributed by atoms with Crippen LogP contribution in [-0.4, -0.2) is 37.1 Å². The summed E-state index contributed by atoms with van der Waals surface area (Å²) in [5.41, 5.74) is 0.562. The van der Waals surface area contributed by atoms with Gasteiger partial charge in [-0.05, 0) is 0 Å². The molecule has 0 bridgehead atoms. The first kappa shape index (κ1) is 31.9. The van der Waals surface area contributed by atoms with Crippen LogP contribution in [0.15, 0.2) is 97.1 Å². The van der Waals surface area contributed by atoms with E-state index in [0.717, 1.165) is 25.7 Å². The van der Waals surface area contributed by atoms with Crippen LogP contribution in [0.25, 0.3) is 0 Å². The van der Waals surface area contributed by atoms with E-state index in [4.69, 9.17) is 28.4 Å². The van der Waals surface area contributed by atoms with Crippen molar-refractivity contribution in [2.45, 2.75) is 86.7 Å². The molecule has 10 heterocycles. The van der Waals surface area contributed by atoms with Gasteiger partial charge in [0.2, 0.25) is 0 Å². The number of carbonyl (C=O) groups excluding carboxylic acids is 4. The van der Waals surface area contributed by atoms with Gasteiger partial charge in [-0.3, -0.25) is 0 Å². The summed E-state index contributed by atoms with van der Waals surface area (Å²) in [5.74, 6) is -0.424. The van der Waals surface area contributed by atoms with Crippen molar-refractivity contribution in [3.05, 3.63) is 108 Å². The minimum atomic E-state index is -4.88. The van der Waals surface area contributed by atoms with E-state index in [1.165, 1.54) is 0 Å². The van der Waals surface area contributed by atoms with Crippen molar-refractivity contribution in [3.8, 4) is 34.5 Å². The molecular formula is C46H42FeO10. The van der Waals surface area contributed by atoms with Crippen LogP contribution in [0.1, 0.15) is 60.2 Å². The Morgan fingerprint density at radius 3 is 1.14 bits per heavy atom. The molecule has 10 saturated heterocycles. The van der Waals surface area contributed by atoms with Gasteiger partial charge in [-0.15, -0.1) is 0 Å². The number of ether oxygens (including phenoxy) is 6. The Balaban J connectivity index is 0.768. The summed E-state index contributed by atoms with van der Waals surface area (Å²) in [6.45, 7) is 0.211. The Morgan fingerprint density at radius 1 is 0.474 bits per heavy atom. The van der Waals surface area contributed by atoms with Gasteiger partial charge >= 0.3 is 294 Å². The van der Waals surface area contributed by atoms with Crippen molar-refractivity contribution >= 4 is 23.9 Å². The molecule has 10 aliphatic heterocycles. The van der Waals surface area contributed by atoms with Crippen LogP contribution in [0.5, 0.6) is 34.5 Å². The number of unbranched alkanes of at least 4 members (excludes halogenated alkanes) is 2. The fourth-order valence-corrected chi connectivity index (χ4v) is 96.6. The maximum atomic E-state index is 15.1. The first-order valence-corrected chi connectivity index (χ1v) is 26.5. The summed E-state index contributed by atoms with van der Waals surface area (Å²) in [5, 5.41) is 0. The van der Waals surface area contributed by atoms with Gasteiger partial charge in [0.15, 0.2) is 0 Å². The SMILES string of the molecule is CCCCOc1ccccc1C(=O)Oc1ccccc1OC(=O)[C]12[CH]3[CH]4[CH]5[C]1(C(=O)Oc1ccccc1OC(=O)c1ccccc1OCCCC)[Fe]43521678[CH]2[CH]1[CH]6[CH]7[CH]28. The average molecular weight is 811 g/mol. The van der Waals surface area contributed by atoms with Gasteiger partial charge in [-0.25, -0.2) is 0 Å². The quantitative estimate of drug-likeness (QED) is 0.0468. The van der Waals surface area contributed by atoms with Gasteiger partial charge in [-0.1, -0.05) is 26.7 Å². The molecule has 0 aromatic heterocycles. The molecular weight excluding hydrogens is 768 g/mol. The van der Waals surface area contributed by atoms with Crippen LogP contribution in [0, 0.1) is 0 Å². The Labute approximate surface area is 319 Å². The zero-order valence-corrected chi connectivity index (χ0v) is 32.6. The first-order chi connectivity index (χ1) is 27.6. The standard InChI is InChI=1S/C41H37O10.C5H5.Fe/c1-3-5-26-46-32-20-9-7-16-30(32)40(44)50-36-24-13-11-22-34(36)48-38(42)28-18-15-19-29(28)39(43)49-35-23-12-14-25-37(35)51-41(45)31-17-8-10-21-33(31)47-27-6-4-2;1-2-4-5-3-1;/h7-25H,3-6,26-27H2,1-2H3;1-5H;. The van der Waals surface area contributed by atoms with E-state index in [1.807, 2.05) is 0 Å². The molecule has 4 unspecified atom stereocenters. The molecule has 4 aromatic rings. The number of benzene rings is 4. The molecule has 4 atom stereocenters. The minimum absolute atomic E-state index is 0.135. The summed E-state index contributed by atoms with van der Waals surface area (Å²) >= 11 is 0. The molecule has 0 radical (unpaired) electrons. The number of carbonyl (C=O) groups is 4. The molecule has 10 nitrogen and oxygen atoms in total. The molecule has 0 amide bonds. The second kappa shape index (κ2) is 6.47. The number of para-hydroxylation sites is 6.